The molecular weight excluding hydrogens is 288 g/mol. The Morgan fingerprint density at radius 3 is 2.86 bits per heavy atom. The van der Waals surface area contributed by atoms with Crippen LogP contribution in [0.15, 0.2) is 17.2 Å². The Morgan fingerprint density at radius 2 is 2.24 bits per heavy atom. The maximum atomic E-state index is 10.6. The lowest BCUT2D eigenvalue weighted by atomic mass is 9.80. The van der Waals surface area contributed by atoms with E-state index in [0.717, 1.165) is 17.7 Å². The fraction of sp³-hybridized carbons (Fsp3) is 0.467. The van der Waals surface area contributed by atoms with Crippen molar-refractivity contribution >= 4 is 29.5 Å². The lowest BCUT2D eigenvalue weighted by molar-refractivity contribution is 0.249. The first-order valence-corrected chi connectivity index (χ1v) is 7.26. The molecule has 1 aliphatic rings. The van der Waals surface area contributed by atoms with Crippen LogP contribution < -0.4 is 16.1 Å². The molecule has 0 saturated heterocycles. The average molecular weight is 309 g/mol. The first-order valence-electron chi connectivity index (χ1n) is 6.88. The van der Waals surface area contributed by atoms with E-state index in [9.17, 15) is 4.79 Å². The van der Waals surface area contributed by atoms with E-state index >= 15 is 0 Å². The predicted molar refractivity (Wildman–Crippen MR) is 87.3 cm³/mol. The van der Waals surface area contributed by atoms with Crippen molar-refractivity contribution in [2.45, 2.75) is 38.6 Å². The molecule has 0 radical (unpaired) electrons. The number of carbonyl (C=O) groups is 1. The number of hydrogen-bond acceptors (Lipinski definition) is 3. The zero-order valence-electron chi connectivity index (χ0n) is 12.8. The lowest BCUT2D eigenvalue weighted by Gasteiger charge is -2.45. The third-order valence-corrected chi connectivity index (χ3v) is 4.46. The normalized spacial score (nSPS) is 20.4. The number of rotatable bonds is 2. The molecule has 1 aromatic carbocycles. The number of primary amides is 1. The van der Waals surface area contributed by atoms with Crippen molar-refractivity contribution in [3.05, 3.63) is 28.3 Å². The van der Waals surface area contributed by atoms with Crippen molar-refractivity contribution in [1.29, 1.82) is 0 Å². The highest BCUT2D eigenvalue weighted by molar-refractivity contribution is 6.33. The third-order valence-electron chi connectivity index (χ3n) is 4.13. The topological polar surface area (TPSA) is 70.7 Å². The highest BCUT2D eigenvalue weighted by atomic mass is 35.5. The second kappa shape index (κ2) is 5.56. The highest BCUT2D eigenvalue weighted by Gasteiger charge is 2.34. The first kappa shape index (κ1) is 15.6. The van der Waals surface area contributed by atoms with Gasteiger partial charge < -0.3 is 10.6 Å². The summed E-state index contributed by atoms with van der Waals surface area (Å²) in [7, 11) is 2.09. The van der Waals surface area contributed by atoms with E-state index in [0.29, 0.717) is 10.9 Å². The molecule has 1 aliphatic heterocycles. The second-order valence-electron chi connectivity index (χ2n) is 6.14. The number of nitrogens with zero attached hydrogens (tertiary/aromatic N) is 2. The van der Waals surface area contributed by atoms with Gasteiger partial charge in [-0.25, -0.2) is 10.2 Å². The number of urea groups is 1. The second-order valence-corrected chi connectivity index (χ2v) is 6.55. The Hall–Kier alpha value is -1.75. The highest BCUT2D eigenvalue weighted by Crippen LogP contribution is 2.43. The van der Waals surface area contributed by atoms with Crippen LogP contribution >= 0.6 is 11.6 Å². The number of benzene rings is 1. The maximum absolute atomic E-state index is 10.6. The minimum atomic E-state index is -0.699. The summed E-state index contributed by atoms with van der Waals surface area (Å²) in [6.45, 7) is 6.67. The Labute approximate surface area is 130 Å². The molecule has 0 bridgehead atoms. The smallest absolute Gasteiger partial charge is 0.332 e. The van der Waals surface area contributed by atoms with E-state index in [1.807, 2.05) is 12.1 Å². The summed E-state index contributed by atoms with van der Waals surface area (Å²) in [5.41, 5.74) is 10.4. The zero-order chi connectivity index (χ0) is 15.8. The van der Waals surface area contributed by atoms with Crippen LogP contribution in [-0.4, -0.2) is 24.8 Å². The van der Waals surface area contributed by atoms with Crippen molar-refractivity contribution in [2.24, 2.45) is 10.8 Å². The Kier molecular flexibility index (Phi) is 4.14. The van der Waals surface area contributed by atoms with Gasteiger partial charge in [-0.2, -0.15) is 5.10 Å². The molecule has 3 N–H and O–H groups in total. The summed E-state index contributed by atoms with van der Waals surface area (Å²) in [5.74, 6) is 0.430. The summed E-state index contributed by atoms with van der Waals surface area (Å²) in [5, 5.41) is 4.37. The molecule has 0 unspecified atom stereocenters. The monoisotopic (exact) mass is 308 g/mol. The van der Waals surface area contributed by atoms with E-state index in [2.05, 4.69) is 43.2 Å². The summed E-state index contributed by atoms with van der Waals surface area (Å²) in [6, 6.07) is 3.29. The van der Waals surface area contributed by atoms with Crippen LogP contribution in [-0.2, 0) is 0 Å². The molecule has 21 heavy (non-hydrogen) atoms. The van der Waals surface area contributed by atoms with E-state index in [1.165, 1.54) is 11.8 Å². The molecule has 0 fully saturated rings. The zero-order valence-corrected chi connectivity index (χ0v) is 13.5. The number of fused-ring (bicyclic) bond motifs is 1. The largest absolute Gasteiger partial charge is 0.369 e. The molecule has 5 nitrogen and oxygen atoms in total. The van der Waals surface area contributed by atoms with E-state index < -0.39 is 6.03 Å². The molecule has 0 aromatic heterocycles. The fourth-order valence-electron chi connectivity index (χ4n) is 2.87. The number of amides is 2. The molecule has 0 spiro atoms. The van der Waals surface area contributed by atoms with Gasteiger partial charge in [-0.3, -0.25) is 0 Å². The summed E-state index contributed by atoms with van der Waals surface area (Å²) < 4.78 is 0. The Bertz CT molecular complexity index is 598. The molecule has 1 aromatic rings. The summed E-state index contributed by atoms with van der Waals surface area (Å²) >= 11 is 6.32. The van der Waals surface area contributed by atoms with Crippen LogP contribution in [0.1, 0.15) is 44.2 Å². The van der Waals surface area contributed by atoms with Gasteiger partial charge in [-0.15, -0.1) is 0 Å². The third kappa shape index (κ3) is 3.13. The number of carbonyl (C=O) groups excluding carboxylic acids is 1. The predicted octanol–water partition coefficient (Wildman–Crippen LogP) is 3.06. The van der Waals surface area contributed by atoms with Gasteiger partial charge in [0.25, 0.3) is 0 Å². The molecule has 0 saturated carbocycles. The fourth-order valence-corrected chi connectivity index (χ4v) is 3.08. The molecule has 6 heteroatoms. The van der Waals surface area contributed by atoms with Crippen molar-refractivity contribution in [3.63, 3.8) is 0 Å². The molecule has 114 valence electrons. The van der Waals surface area contributed by atoms with Gasteiger partial charge in [0.1, 0.15) is 0 Å². The quantitative estimate of drug-likeness (QED) is 0.651. The minimum absolute atomic E-state index is 0.0961. The van der Waals surface area contributed by atoms with Crippen molar-refractivity contribution in [1.82, 2.24) is 5.43 Å². The van der Waals surface area contributed by atoms with Crippen LogP contribution in [0.3, 0.4) is 0 Å². The maximum Gasteiger partial charge on any atom is 0.332 e. The first-order chi connectivity index (χ1) is 9.72. The van der Waals surface area contributed by atoms with Crippen LogP contribution in [0.5, 0.6) is 0 Å². The number of nitrogens with one attached hydrogen (secondary N) is 1. The van der Waals surface area contributed by atoms with Gasteiger partial charge in [-0.1, -0.05) is 18.5 Å². The lowest BCUT2D eigenvalue weighted by Crippen LogP contribution is -2.45. The molecule has 1 heterocycles. The van der Waals surface area contributed by atoms with Gasteiger partial charge in [0, 0.05) is 23.8 Å². The van der Waals surface area contributed by atoms with Crippen molar-refractivity contribution in [2.75, 3.05) is 11.9 Å². The van der Waals surface area contributed by atoms with Crippen LogP contribution in [0.2, 0.25) is 5.02 Å². The van der Waals surface area contributed by atoms with E-state index in [-0.39, 0.29) is 5.54 Å². The Balaban J connectivity index is 2.41. The minimum Gasteiger partial charge on any atom is -0.369 e. The summed E-state index contributed by atoms with van der Waals surface area (Å²) in [4.78, 5) is 12.9. The molecule has 2 amide bonds. The van der Waals surface area contributed by atoms with Gasteiger partial charge in [-0.05, 0) is 43.9 Å². The van der Waals surface area contributed by atoms with Gasteiger partial charge in [0.2, 0.25) is 0 Å². The van der Waals surface area contributed by atoms with Gasteiger partial charge in [0.05, 0.1) is 11.2 Å². The average Bonchev–Trinajstić information content (AvgIpc) is 2.36. The number of hydrogen-bond donors (Lipinski definition) is 2. The van der Waals surface area contributed by atoms with Gasteiger partial charge >= 0.3 is 6.03 Å². The number of anilines is 1. The van der Waals surface area contributed by atoms with Crippen LogP contribution in [0, 0.1) is 0 Å². The van der Waals surface area contributed by atoms with Crippen LogP contribution in [0.4, 0.5) is 10.5 Å². The van der Waals surface area contributed by atoms with Crippen LogP contribution in [0.25, 0.3) is 0 Å². The van der Waals surface area contributed by atoms with E-state index in [1.54, 1.807) is 0 Å². The van der Waals surface area contributed by atoms with E-state index in [4.69, 9.17) is 17.3 Å². The Morgan fingerprint density at radius 1 is 1.57 bits per heavy atom. The number of halogens is 1. The number of hydrazone groups is 1. The molecule has 1 atom stereocenters. The van der Waals surface area contributed by atoms with Gasteiger partial charge in [0.15, 0.2) is 0 Å². The molecule has 2 rings (SSSR count). The molecular formula is C15H21ClN4O. The SMILES string of the molecule is C[C@@H]1CC(C)(C)N(C)c2cc(Cl)c(/C=N\NC(N)=O)cc21. The molecule has 0 aliphatic carbocycles. The number of nitrogens with two attached hydrogens (primary N) is 1. The van der Waals surface area contributed by atoms with Crippen molar-refractivity contribution in [3.8, 4) is 0 Å². The summed E-state index contributed by atoms with van der Waals surface area (Å²) in [6.07, 6.45) is 2.58. The van der Waals surface area contributed by atoms with Crippen molar-refractivity contribution < 1.29 is 4.79 Å². The standard InChI is InChI=1S/C15H21ClN4O/c1-9-7-15(2,3)20(4)13-6-12(16)10(5-11(9)13)8-18-19-14(17)21/h5-6,8-9H,7H2,1-4H3,(H3,17,19,21)/b18-8-/t9-/m1/s1.